The minimum absolute atomic E-state index is 0.132. The number of nitrogens with one attached hydrogen (secondary N) is 2. The van der Waals surface area contributed by atoms with E-state index in [9.17, 15) is 0 Å². The number of furan rings is 1. The number of fused-ring (bicyclic) bond motifs is 6. The average molecular weight is 645 g/mol. The average Bonchev–Trinajstić information content (AvgIpc) is 3.72. The number of aliphatic imine (C=N–C) groups is 1. The summed E-state index contributed by atoms with van der Waals surface area (Å²) in [6, 6.07) is 59.8. The molecule has 50 heavy (non-hydrogen) atoms. The van der Waals surface area contributed by atoms with Crippen LogP contribution >= 0.6 is 0 Å². The zero-order chi connectivity index (χ0) is 33.0. The molecule has 238 valence electrons. The number of aromatic nitrogens is 1. The van der Waals surface area contributed by atoms with E-state index >= 15 is 0 Å². The van der Waals surface area contributed by atoms with Crippen LogP contribution in [0.3, 0.4) is 0 Å². The van der Waals surface area contributed by atoms with Gasteiger partial charge in [0.1, 0.15) is 29.3 Å². The summed E-state index contributed by atoms with van der Waals surface area (Å²) in [5, 5.41) is 12.2. The van der Waals surface area contributed by atoms with E-state index < -0.39 is 0 Å². The third-order valence-electron chi connectivity index (χ3n) is 9.84. The van der Waals surface area contributed by atoms with Crippen molar-refractivity contribution in [3.05, 3.63) is 187 Å². The van der Waals surface area contributed by atoms with E-state index in [2.05, 4.69) is 167 Å². The van der Waals surface area contributed by atoms with E-state index in [4.69, 9.17) is 9.41 Å². The highest BCUT2D eigenvalue weighted by molar-refractivity contribution is 6.17. The number of amidine groups is 1. The van der Waals surface area contributed by atoms with Crippen LogP contribution < -0.4 is 10.6 Å². The molecule has 2 unspecified atom stereocenters. The molecule has 2 atom stereocenters. The molecule has 5 heteroatoms. The van der Waals surface area contributed by atoms with Crippen molar-refractivity contribution in [2.45, 2.75) is 12.3 Å². The summed E-state index contributed by atoms with van der Waals surface area (Å²) in [7, 11) is 0. The summed E-state index contributed by atoms with van der Waals surface area (Å²) in [5.41, 5.74) is 10.6. The summed E-state index contributed by atoms with van der Waals surface area (Å²) < 4.78 is 8.79. The Morgan fingerprint density at radius 2 is 1.14 bits per heavy atom. The maximum Gasteiger partial charge on any atom is 0.137 e. The molecule has 3 heterocycles. The van der Waals surface area contributed by atoms with Gasteiger partial charge in [0.25, 0.3) is 0 Å². The molecule has 0 bridgehead atoms. The molecule has 9 aromatic rings. The lowest BCUT2D eigenvalue weighted by atomic mass is 10.00. The van der Waals surface area contributed by atoms with Crippen molar-refractivity contribution in [3.8, 4) is 16.8 Å². The van der Waals surface area contributed by atoms with Crippen LogP contribution in [0.15, 0.2) is 179 Å². The fourth-order valence-corrected chi connectivity index (χ4v) is 7.47. The highest BCUT2D eigenvalue weighted by atomic mass is 16.3. The van der Waals surface area contributed by atoms with Crippen molar-refractivity contribution < 1.29 is 4.42 Å². The number of rotatable bonds is 5. The van der Waals surface area contributed by atoms with Gasteiger partial charge in [-0.3, -0.25) is 5.32 Å². The summed E-state index contributed by atoms with van der Waals surface area (Å²) in [6.45, 7) is 0. The Kier molecular flexibility index (Phi) is 6.64. The third-order valence-corrected chi connectivity index (χ3v) is 9.84. The maximum absolute atomic E-state index is 6.42. The zero-order valence-corrected chi connectivity index (χ0v) is 27.1. The van der Waals surface area contributed by atoms with E-state index in [0.29, 0.717) is 0 Å². The van der Waals surface area contributed by atoms with Crippen LogP contribution in [0.2, 0.25) is 0 Å². The molecule has 10 rings (SSSR count). The first kappa shape index (κ1) is 28.6. The molecule has 2 aromatic heterocycles. The molecule has 0 saturated heterocycles. The molecule has 7 aromatic carbocycles. The maximum atomic E-state index is 6.42. The van der Waals surface area contributed by atoms with Crippen molar-refractivity contribution in [3.63, 3.8) is 0 Å². The van der Waals surface area contributed by atoms with E-state index in [1.165, 1.54) is 10.8 Å². The second kappa shape index (κ2) is 11.6. The van der Waals surface area contributed by atoms with Gasteiger partial charge in [-0.25, -0.2) is 4.99 Å². The van der Waals surface area contributed by atoms with Crippen LogP contribution in [0.25, 0.3) is 60.6 Å². The van der Waals surface area contributed by atoms with Gasteiger partial charge in [-0.15, -0.1) is 0 Å². The lowest BCUT2D eigenvalue weighted by Gasteiger charge is -2.32. The first-order valence-electron chi connectivity index (χ1n) is 17.0. The molecule has 0 fully saturated rings. The SMILES string of the molecule is c1ccc(-c2cc(C3=NC(c4ccccc4)NC(c4ccccc4)N3)cc(-n3c4ccccc4c4cc5c(cc43)oc3ccccc35)c2)cc1. The number of para-hydroxylation sites is 2. The first-order chi connectivity index (χ1) is 24.8. The van der Waals surface area contributed by atoms with Gasteiger partial charge in [-0.05, 0) is 58.7 Å². The summed E-state index contributed by atoms with van der Waals surface area (Å²) in [6.07, 6.45) is -0.358. The van der Waals surface area contributed by atoms with Crippen molar-refractivity contribution >= 4 is 49.6 Å². The molecule has 2 N–H and O–H groups in total. The van der Waals surface area contributed by atoms with Crippen LogP contribution in [0.1, 0.15) is 29.0 Å². The smallest absolute Gasteiger partial charge is 0.137 e. The highest BCUT2D eigenvalue weighted by Crippen LogP contribution is 2.39. The molecule has 0 amide bonds. The minimum atomic E-state index is -0.226. The summed E-state index contributed by atoms with van der Waals surface area (Å²) >= 11 is 0. The fraction of sp³-hybridized carbons (Fsp3) is 0.0444. The number of hydrogen-bond acceptors (Lipinski definition) is 4. The van der Waals surface area contributed by atoms with Crippen molar-refractivity contribution in [2.24, 2.45) is 4.99 Å². The van der Waals surface area contributed by atoms with Gasteiger partial charge in [0, 0.05) is 38.9 Å². The van der Waals surface area contributed by atoms with Gasteiger partial charge in [-0.1, -0.05) is 127 Å². The third kappa shape index (κ3) is 4.79. The summed E-state index contributed by atoms with van der Waals surface area (Å²) in [4.78, 5) is 5.32. The van der Waals surface area contributed by atoms with Crippen molar-refractivity contribution in [1.29, 1.82) is 0 Å². The van der Waals surface area contributed by atoms with Gasteiger partial charge in [0.05, 0.1) is 11.0 Å². The van der Waals surface area contributed by atoms with Crippen LogP contribution in [0.4, 0.5) is 0 Å². The molecule has 1 aliphatic heterocycles. The topological polar surface area (TPSA) is 54.5 Å². The summed E-state index contributed by atoms with van der Waals surface area (Å²) in [5.74, 6) is 0.839. The van der Waals surface area contributed by atoms with Gasteiger partial charge in [0.2, 0.25) is 0 Å². The lowest BCUT2D eigenvalue weighted by molar-refractivity contribution is 0.409. The zero-order valence-electron chi connectivity index (χ0n) is 27.1. The molecule has 5 nitrogen and oxygen atoms in total. The lowest BCUT2D eigenvalue weighted by Crippen LogP contribution is -2.45. The molecule has 0 aliphatic carbocycles. The van der Waals surface area contributed by atoms with Gasteiger partial charge in [-0.2, -0.15) is 0 Å². The van der Waals surface area contributed by atoms with Gasteiger partial charge in [0.15, 0.2) is 0 Å². The second-order valence-corrected chi connectivity index (χ2v) is 12.9. The Hall–Kier alpha value is -6.43. The van der Waals surface area contributed by atoms with Crippen LogP contribution in [0.5, 0.6) is 0 Å². The van der Waals surface area contributed by atoms with Crippen LogP contribution in [-0.2, 0) is 0 Å². The molecule has 0 radical (unpaired) electrons. The highest BCUT2D eigenvalue weighted by Gasteiger charge is 2.26. The number of nitrogens with zero attached hydrogens (tertiary/aromatic N) is 2. The monoisotopic (exact) mass is 644 g/mol. The Morgan fingerprint density at radius 3 is 1.94 bits per heavy atom. The first-order valence-corrected chi connectivity index (χ1v) is 17.0. The fourth-order valence-electron chi connectivity index (χ4n) is 7.47. The molecule has 0 spiro atoms. The largest absolute Gasteiger partial charge is 0.456 e. The Bertz CT molecular complexity index is 2710. The predicted octanol–water partition coefficient (Wildman–Crippen LogP) is 10.7. The predicted molar refractivity (Wildman–Crippen MR) is 205 cm³/mol. The second-order valence-electron chi connectivity index (χ2n) is 12.9. The van der Waals surface area contributed by atoms with Gasteiger partial charge < -0.3 is 14.3 Å². The van der Waals surface area contributed by atoms with E-state index in [0.717, 1.165) is 72.3 Å². The molecular formula is C45H32N4O. The van der Waals surface area contributed by atoms with Crippen LogP contribution in [0, 0.1) is 0 Å². The standard InChI is InChI=1S/C45H32N4O/c1-4-14-29(15-5-1)32-24-33(45-47-43(30-16-6-2-7-17-30)46-44(48-45)31-18-8-3-9-19-31)26-34(25-32)49-39-22-12-10-20-35(39)37-27-38-36-21-11-13-23-41(36)50-42(38)28-40(37)49/h1-28,43-44,46H,(H,47,48). The van der Waals surface area contributed by atoms with E-state index in [1.54, 1.807) is 0 Å². The Morgan fingerprint density at radius 1 is 0.480 bits per heavy atom. The normalized spacial score (nSPS) is 16.2. The van der Waals surface area contributed by atoms with E-state index in [-0.39, 0.29) is 12.3 Å². The Balaban J connectivity index is 1.22. The molecule has 0 saturated carbocycles. The van der Waals surface area contributed by atoms with E-state index in [1.807, 2.05) is 18.2 Å². The van der Waals surface area contributed by atoms with Crippen molar-refractivity contribution in [1.82, 2.24) is 15.2 Å². The number of hydrogen-bond donors (Lipinski definition) is 2. The minimum Gasteiger partial charge on any atom is -0.456 e. The number of benzene rings is 7. The van der Waals surface area contributed by atoms with Crippen molar-refractivity contribution in [2.75, 3.05) is 0 Å². The van der Waals surface area contributed by atoms with Crippen LogP contribution in [-0.4, -0.2) is 10.4 Å². The molecule has 1 aliphatic rings. The quantitative estimate of drug-likeness (QED) is 0.196. The van der Waals surface area contributed by atoms with Gasteiger partial charge >= 0.3 is 0 Å². The Labute approximate surface area is 289 Å². The molecular weight excluding hydrogens is 613 g/mol.